The number of pyridine rings is 1. The number of para-hydroxylation sites is 1. The van der Waals surface area contributed by atoms with Crippen molar-refractivity contribution in [2.75, 3.05) is 38.2 Å². The minimum Gasteiger partial charge on any atom is -0.497 e. The molecule has 1 aliphatic rings. The second-order valence-electron chi connectivity index (χ2n) is 7.38. The summed E-state index contributed by atoms with van der Waals surface area (Å²) in [6.07, 6.45) is 1.61. The van der Waals surface area contributed by atoms with Crippen LogP contribution in [0.15, 0.2) is 82.6 Å². The first-order valence-corrected chi connectivity index (χ1v) is 11.6. The van der Waals surface area contributed by atoms with E-state index >= 15 is 0 Å². The Kier molecular flexibility index (Phi) is 6.11. The average molecular weight is 440 g/mol. The van der Waals surface area contributed by atoms with Crippen LogP contribution in [0.1, 0.15) is 5.56 Å². The zero-order chi connectivity index (χ0) is 21.8. The van der Waals surface area contributed by atoms with E-state index in [9.17, 15) is 13.2 Å². The SMILES string of the molecule is COc1cccc(Cn2cccc(S(=O)(=O)N3CCN(c4ccccc4)CC3)c2=O)c1. The summed E-state index contributed by atoms with van der Waals surface area (Å²) in [5.41, 5.74) is 1.41. The molecule has 2 heterocycles. The van der Waals surface area contributed by atoms with Crippen molar-refractivity contribution in [2.24, 2.45) is 0 Å². The van der Waals surface area contributed by atoms with Gasteiger partial charge in [-0.1, -0.05) is 30.3 Å². The Bertz CT molecular complexity index is 1200. The zero-order valence-corrected chi connectivity index (χ0v) is 18.2. The zero-order valence-electron chi connectivity index (χ0n) is 17.3. The first-order valence-electron chi connectivity index (χ1n) is 10.1. The minimum absolute atomic E-state index is 0.189. The number of ether oxygens (including phenoxy) is 1. The molecule has 0 radical (unpaired) electrons. The molecule has 31 heavy (non-hydrogen) atoms. The van der Waals surface area contributed by atoms with Gasteiger partial charge >= 0.3 is 0 Å². The molecule has 2 aromatic carbocycles. The predicted molar refractivity (Wildman–Crippen MR) is 120 cm³/mol. The number of methoxy groups -OCH3 is 1. The number of benzene rings is 2. The molecule has 0 N–H and O–H groups in total. The fourth-order valence-electron chi connectivity index (χ4n) is 3.77. The molecule has 0 aliphatic carbocycles. The number of piperazine rings is 1. The Morgan fingerprint density at radius 2 is 1.65 bits per heavy atom. The maximum atomic E-state index is 13.2. The van der Waals surface area contributed by atoms with Crippen LogP contribution in [0, 0.1) is 0 Å². The summed E-state index contributed by atoms with van der Waals surface area (Å²) in [6, 6.07) is 20.3. The highest BCUT2D eigenvalue weighted by Crippen LogP contribution is 2.20. The van der Waals surface area contributed by atoms with Gasteiger partial charge in [0, 0.05) is 38.1 Å². The standard InChI is InChI=1S/C23H25N3O4S/c1-30-21-10-5-7-19(17-21)18-25-12-6-11-22(23(25)27)31(28,29)26-15-13-24(14-16-26)20-8-3-2-4-9-20/h2-12,17H,13-16,18H2,1H3. The third-order valence-corrected chi connectivity index (χ3v) is 7.36. The van der Waals surface area contributed by atoms with Crippen LogP contribution < -0.4 is 15.2 Å². The van der Waals surface area contributed by atoms with Gasteiger partial charge in [-0.25, -0.2) is 8.42 Å². The quantitative estimate of drug-likeness (QED) is 0.590. The highest BCUT2D eigenvalue weighted by atomic mass is 32.2. The molecule has 1 aliphatic heterocycles. The molecule has 0 amide bonds. The first kappa shape index (κ1) is 21.1. The van der Waals surface area contributed by atoms with Crippen molar-refractivity contribution in [3.8, 4) is 5.75 Å². The Labute approximate surface area is 182 Å². The summed E-state index contributed by atoms with van der Waals surface area (Å²) in [4.78, 5) is 15.0. The molecule has 0 bridgehead atoms. The smallest absolute Gasteiger partial charge is 0.271 e. The maximum Gasteiger partial charge on any atom is 0.271 e. The van der Waals surface area contributed by atoms with E-state index < -0.39 is 15.6 Å². The largest absolute Gasteiger partial charge is 0.497 e. The van der Waals surface area contributed by atoms with Gasteiger partial charge in [0.05, 0.1) is 13.7 Å². The van der Waals surface area contributed by atoms with E-state index in [0.717, 1.165) is 11.3 Å². The molecule has 3 aromatic rings. The van der Waals surface area contributed by atoms with E-state index in [1.807, 2.05) is 54.6 Å². The fraction of sp³-hybridized carbons (Fsp3) is 0.261. The summed E-state index contributed by atoms with van der Waals surface area (Å²) in [7, 11) is -2.30. The van der Waals surface area contributed by atoms with Crippen molar-refractivity contribution in [3.63, 3.8) is 0 Å². The maximum absolute atomic E-state index is 13.2. The number of anilines is 1. The number of aromatic nitrogens is 1. The molecule has 1 saturated heterocycles. The van der Waals surface area contributed by atoms with E-state index in [1.54, 1.807) is 19.4 Å². The van der Waals surface area contributed by atoms with E-state index in [0.29, 0.717) is 31.9 Å². The molecule has 8 heteroatoms. The van der Waals surface area contributed by atoms with Crippen LogP contribution in [0.4, 0.5) is 5.69 Å². The highest BCUT2D eigenvalue weighted by Gasteiger charge is 2.31. The second kappa shape index (κ2) is 8.95. The van der Waals surface area contributed by atoms with E-state index in [1.165, 1.54) is 14.9 Å². The summed E-state index contributed by atoms with van der Waals surface area (Å²) < 4.78 is 34.5. The minimum atomic E-state index is -3.88. The summed E-state index contributed by atoms with van der Waals surface area (Å²) in [6.45, 7) is 2.09. The van der Waals surface area contributed by atoms with Crippen molar-refractivity contribution in [1.29, 1.82) is 0 Å². The van der Waals surface area contributed by atoms with Crippen LogP contribution in [-0.2, 0) is 16.6 Å². The van der Waals surface area contributed by atoms with E-state index in [-0.39, 0.29) is 11.4 Å². The lowest BCUT2D eigenvalue weighted by Gasteiger charge is -2.35. The third-order valence-electron chi connectivity index (χ3n) is 5.45. The van der Waals surface area contributed by atoms with Crippen LogP contribution in [0.2, 0.25) is 0 Å². The number of rotatable bonds is 6. The lowest BCUT2D eigenvalue weighted by molar-refractivity contribution is 0.384. The van der Waals surface area contributed by atoms with Crippen LogP contribution >= 0.6 is 0 Å². The van der Waals surface area contributed by atoms with Gasteiger partial charge in [0.1, 0.15) is 10.6 Å². The third kappa shape index (κ3) is 4.50. The number of hydrogen-bond donors (Lipinski definition) is 0. The Balaban J connectivity index is 1.53. The number of hydrogen-bond acceptors (Lipinski definition) is 5. The van der Waals surface area contributed by atoms with Gasteiger partial charge in [0.25, 0.3) is 5.56 Å². The molecule has 7 nitrogen and oxygen atoms in total. The van der Waals surface area contributed by atoms with Crippen molar-refractivity contribution >= 4 is 15.7 Å². The van der Waals surface area contributed by atoms with Crippen molar-refractivity contribution in [3.05, 3.63) is 88.8 Å². The van der Waals surface area contributed by atoms with Gasteiger partial charge in [0.15, 0.2) is 0 Å². The molecular weight excluding hydrogens is 414 g/mol. The van der Waals surface area contributed by atoms with Crippen LogP contribution in [-0.4, -0.2) is 50.6 Å². The molecule has 162 valence electrons. The molecule has 4 rings (SSSR count). The first-order chi connectivity index (χ1) is 15.0. The topological polar surface area (TPSA) is 71.8 Å². The molecule has 1 aromatic heterocycles. The van der Waals surface area contributed by atoms with Crippen molar-refractivity contribution in [2.45, 2.75) is 11.4 Å². The lowest BCUT2D eigenvalue weighted by Crippen LogP contribution is -2.49. The van der Waals surface area contributed by atoms with Crippen LogP contribution in [0.25, 0.3) is 0 Å². The fourth-order valence-corrected chi connectivity index (χ4v) is 5.28. The Morgan fingerprint density at radius 1 is 0.903 bits per heavy atom. The average Bonchev–Trinajstić information content (AvgIpc) is 2.81. The molecular formula is C23H25N3O4S. The Hall–Kier alpha value is -3.10. The van der Waals surface area contributed by atoms with Crippen molar-refractivity contribution in [1.82, 2.24) is 8.87 Å². The van der Waals surface area contributed by atoms with Gasteiger partial charge in [-0.3, -0.25) is 4.79 Å². The molecule has 0 spiro atoms. The second-order valence-corrected chi connectivity index (χ2v) is 9.29. The monoisotopic (exact) mass is 439 g/mol. The molecule has 0 atom stereocenters. The summed E-state index contributed by atoms with van der Waals surface area (Å²) in [5.74, 6) is 0.686. The van der Waals surface area contributed by atoms with Crippen molar-refractivity contribution < 1.29 is 13.2 Å². The highest BCUT2D eigenvalue weighted by molar-refractivity contribution is 7.89. The van der Waals surface area contributed by atoms with Gasteiger partial charge < -0.3 is 14.2 Å². The summed E-state index contributed by atoms with van der Waals surface area (Å²) in [5, 5.41) is 0. The number of nitrogens with zero attached hydrogens (tertiary/aromatic N) is 3. The lowest BCUT2D eigenvalue weighted by atomic mass is 10.2. The number of sulfonamides is 1. The van der Waals surface area contributed by atoms with Crippen LogP contribution in [0.3, 0.4) is 0 Å². The summed E-state index contributed by atoms with van der Waals surface area (Å²) >= 11 is 0. The van der Waals surface area contributed by atoms with E-state index in [4.69, 9.17) is 4.74 Å². The van der Waals surface area contributed by atoms with Gasteiger partial charge in [-0.2, -0.15) is 4.31 Å². The van der Waals surface area contributed by atoms with Crippen LogP contribution in [0.5, 0.6) is 5.75 Å². The molecule has 0 unspecified atom stereocenters. The van der Waals surface area contributed by atoms with E-state index in [2.05, 4.69) is 4.90 Å². The van der Waals surface area contributed by atoms with Gasteiger partial charge in [0.2, 0.25) is 10.0 Å². The van der Waals surface area contributed by atoms with Gasteiger partial charge in [-0.05, 0) is 42.0 Å². The predicted octanol–water partition coefficient (Wildman–Crippen LogP) is 2.42. The molecule has 1 fully saturated rings. The molecule has 0 saturated carbocycles. The normalized spacial score (nSPS) is 15.1. The Morgan fingerprint density at radius 3 is 2.35 bits per heavy atom. The van der Waals surface area contributed by atoms with Gasteiger partial charge in [-0.15, -0.1) is 0 Å².